The summed E-state index contributed by atoms with van der Waals surface area (Å²) in [5.74, 6) is -0.163. The second-order valence-electron chi connectivity index (χ2n) is 6.53. The fourth-order valence-corrected chi connectivity index (χ4v) is 3.59. The van der Waals surface area contributed by atoms with Crippen LogP contribution in [0.4, 0.5) is 5.69 Å². The summed E-state index contributed by atoms with van der Waals surface area (Å²) in [6.07, 6.45) is 4.35. The minimum absolute atomic E-state index is 0.163. The van der Waals surface area contributed by atoms with Gasteiger partial charge < -0.3 is 9.88 Å². The number of benzene rings is 2. The fraction of sp³-hybridized carbons (Fsp3) is 0.143. The number of aromatic nitrogens is 1. The van der Waals surface area contributed by atoms with Crippen molar-refractivity contribution in [1.29, 1.82) is 0 Å². The maximum absolute atomic E-state index is 12.9. The van der Waals surface area contributed by atoms with Gasteiger partial charge >= 0.3 is 0 Å². The third-order valence-corrected chi connectivity index (χ3v) is 5.16. The average Bonchev–Trinajstić information content (AvgIpc) is 3.02. The quantitative estimate of drug-likeness (QED) is 0.681. The molecule has 4 nitrogen and oxygen atoms in total. The van der Waals surface area contributed by atoms with Crippen LogP contribution >= 0.6 is 23.2 Å². The van der Waals surface area contributed by atoms with Crippen LogP contribution in [-0.2, 0) is 18.3 Å². The van der Waals surface area contributed by atoms with Crippen LogP contribution in [-0.4, -0.2) is 22.2 Å². The number of fused-ring (bicyclic) bond motifs is 1. The molecule has 0 spiro atoms. The number of halogens is 2. The van der Waals surface area contributed by atoms with Crippen molar-refractivity contribution in [1.82, 2.24) is 4.57 Å². The number of nitrogens with zero attached hydrogens (tertiary/aromatic N) is 2. The molecule has 3 aromatic rings. The molecule has 0 aliphatic carbocycles. The first-order chi connectivity index (χ1) is 13.0. The SMILES string of the molecule is Cn1ccc(C2=NC(Cc3ccccc3Cl)C(=O)Nc3ccc(Cl)cc32)c1. The number of nitrogens with one attached hydrogen (secondary N) is 1. The van der Waals surface area contributed by atoms with E-state index in [0.29, 0.717) is 22.2 Å². The Morgan fingerprint density at radius 1 is 1.15 bits per heavy atom. The molecule has 1 aliphatic heterocycles. The summed E-state index contributed by atoms with van der Waals surface area (Å²) in [4.78, 5) is 17.7. The molecule has 4 rings (SSSR count). The lowest BCUT2D eigenvalue weighted by atomic mass is 10.0. The minimum Gasteiger partial charge on any atom is -0.357 e. The van der Waals surface area contributed by atoms with Gasteiger partial charge in [-0.15, -0.1) is 0 Å². The van der Waals surface area contributed by atoms with Gasteiger partial charge in [0.25, 0.3) is 0 Å². The summed E-state index contributed by atoms with van der Waals surface area (Å²) in [7, 11) is 1.95. The van der Waals surface area contributed by atoms with Crippen LogP contribution in [0.3, 0.4) is 0 Å². The van der Waals surface area contributed by atoms with Gasteiger partial charge in [-0.25, -0.2) is 0 Å². The predicted molar refractivity (Wildman–Crippen MR) is 110 cm³/mol. The predicted octanol–water partition coefficient (Wildman–Crippen LogP) is 4.73. The lowest BCUT2D eigenvalue weighted by Gasteiger charge is -2.12. The van der Waals surface area contributed by atoms with Gasteiger partial charge in [0.2, 0.25) is 5.91 Å². The van der Waals surface area contributed by atoms with Crippen molar-refractivity contribution in [2.75, 3.05) is 5.32 Å². The Labute approximate surface area is 167 Å². The van der Waals surface area contributed by atoms with E-state index in [-0.39, 0.29) is 5.91 Å². The molecule has 2 heterocycles. The molecule has 1 aromatic heterocycles. The molecule has 1 amide bonds. The summed E-state index contributed by atoms with van der Waals surface area (Å²) in [5, 5.41) is 4.21. The second-order valence-corrected chi connectivity index (χ2v) is 7.38. The highest BCUT2D eigenvalue weighted by Gasteiger charge is 2.27. The number of benzodiazepines with no additional fused rings is 1. The van der Waals surface area contributed by atoms with Crippen LogP contribution in [0.2, 0.25) is 10.0 Å². The van der Waals surface area contributed by atoms with E-state index in [1.807, 2.05) is 66.5 Å². The molecule has 2 aromatic carbocycles. The smallest absolute Gasteiger partial charge is 0.249 e. The van der Waals surface area contributed by atoms with Crippen molar-refractivity contribution in [3.05, 3.63) is 87.7 Å². The molecule has 1 N–H and O–H groups in total. The molecule has 1 aliphatic rings. The summed E-state index contributed by atoms with van der Waals surface area (Å²) in [6.45, 7) is 0. The zero-order valence-electron chi connectivity index (χ0n) is 14.6. The van der Waals surface area contributed by atoms with E-state index in [4.69, 9.17) is 28.2 Å². The Kier molecular flexibility index (Phi) is 4.77. The summed E-state index contributed by atoms with van der Waals surface area (Å²) < 4.78 is 1.95. The number of hydrogen-bond acceptors (Lipinski definition) is 2. The van der Waals surface area contributed by atoms with Gasteiger partial charge in [-0.3, -0.25) is 9.79 Å². The molecule has 27 heavy (non-hydrogen) atoms. The monoisotopic (exact) mass is 397 g/mol. The highest BCUT2D eigenvalue weighted by Crippen LogP contribution is 2.28. The van der Waals surface area contributed by atoms with Crippen LogP contribution in [0.5, 0.6) is 0 Å². The normalized spacial score (nSPS) is 16.3. The van der Waals surface area contributed by atoms with E-state index < -0.39 is 6.04 Å². The zero-order chi connectivity index (χ0) is 19.0. The van der Waals surface area contributed by atoms with Crippen molar-refractivity contribution >= 4 is 40.5 Å². The van der Waals surface area contributed by atoms with Gasteiger partial charge in [-0.2, -0.15) is 0 Å². The van der Waals surface area contributed by atoms with Crippen molar-refractivity contribution in [2.24, 2.45) is 12.0 Å². The molecule has 0 saturated heterocycles. The van der Waals surface area contributed by atoms with Crippen molar-refractivity contribution in [2.45, 2.75) is 12.5 Å². The van der Waals surface area contributed by atoms with E-state index in [1.165, 1.54) is 0 Å². The maximum Gasteiger partial charge on any atom is 0.249 e. The molecule has 136 valence electrons. The van der Waals surface area contributed by atoms with Gasteiger partial charge in [-0.05, 0) is 35.9 Å². The topological polar surface area (TPSA) is 46.4 Å². The second kappa shape index (κ2) is 7.22. The van der Waals surface area contributed by atoms with E-state index >= 15 is 0 Å². The molecule has 1 atom stereocenters. The van der Waals surface area contributed by atoms with Crippen LogP contribution in [0.25, 0.3) is 0 Å². The van der Waals surface area contributed by atoms with Crippen molar-refractivity contribution < 1.29 is 4.79 Å². The number of amides is 1. The average molecular weight is 398 g/mol. The molecule has 6 heteroatoms. The van der Waals surface area contributed by atoms with E-state index in [9.17, 15) is 4.79 Å². The van der Waals surface area contributed by atoms with Gasteiger partial charge in [0.05, 0.1) is 11.4 Å². The first-order valence-electron chi connectivity index (χ1n) is 8.55. The van der Waals surface area contributed by atoms with Crippen LogP contribution < -0.4 is 5.32 Å². The highest BCUT2D eigenvalue weighted by atomic mass is 35.5. The van der Waals surface area contributed by atoms with Crippen LogP contribution in [0.1, 0.15) is 16.7 Å². The Morgan fingerprint density at radius 3 is 2.70 bits per heavy atom. The van der Waals surface area contributed by atoms with Gasteiger partial charge in [0.1, 0.15) is 6.04 Å². The summed E-state index contributed by atoms with van der Waals surface area (Å²) in [6, 6.07) is 14.3. The number of carbonyl (C=O) groups is 1. The maximum atomic E-state index is 12.9. The molecule has 0 saturated carbocycles. The largest absolute Gasteiger partial charge is 0.357 e. The van der Waals surface area contributed by atoms with Crippen molar-refractivity contribution in [3.8, 4) is 0 Å². The van der Waals surface area contributed by atoms with Gasteiger partial charge in [0, 0.05) is 47.0 Å². The number of rotatable bonds is 3. The summed E-state index contributed by atoms with van der Waals surface area (Å²) in [5.41, 5.74) is 4.07. The molecule has 0 radical (unpaired) electrons. The standard InChI is InChI=1S/C21H17Cl2N3O/c1-26-9-8-14(12-26)20-16-11-15(22)6-7-18(16)25-21(27)19(24-20)10-13-4-2-3-5-17(13)23/h2-9,11-12,19H,10H2,1H3,(H,25,27). The highest BCUT2D eigenvalue weighted by molar-refractivity contribution is 6.32. The number of aliphatic imine (C=N–C) groups is 1. The molecule has 0 fully saturated rings. The Bertz CT molecular complexity index is 1060. The summed E-state index contributed by atoms with van der Waals surface area (Å²) >= 11 is 12.5. The van der Waals surface area contributed by atoms with Crippen LogP contribution in [0, 0.1) is 0 Å². The minimum atomic E-state index is -0.591. The van der Waals surface area contributed by atoms with E-state index in [0.717, 1.165) is 22.4 Å². The number of anilines is 1. The first-order valence-corrected chi connectivity index (χ1v) is 9.31. The first kappa shape index (κ1) is 17.8. The number of hydrogen-bond donors (Lipinski definition) is 1. The number of aryl methyl sites for hydroxylation is 1. The van der Waals surface area contributed by atoms with E-state index in [1.54, 1.807) is 6.07 Å². The molecular formula is C21H17Cl2N3O. The van der Waals surface area contributed by atoms with Gasteiger partial charge in [-0.1, -0.05) is 41.4 Å². The third-order valence-electron chi connectivity index (χ3n) is 4.56. The molecule has 1 unspecified atom stereocenters. The zero-order valence-corrected chi connectivity index (χ0v) is 16.1. The fourth-order valence-electron chi connectivity index (χ4n) is 3.21. The third kappa shape index (κ3) is 3.64. The lowest BCUT2D eigenvalue weighted by Crippen LogP contribution is -2.27. The van der Waals surface area contributed by atoms with Crippen molar-refractivity contribution in [3.63, 3.8) is 0 Å². The Balaban J connectivity index is 1.83. The van der Waals surface area contributed by atoms with Crippen LogP contribution in [0.15, 0.2) is 65.9 Å². The van der Waals surface area contributed by atoms with E-state index in [2.05, 4.69) is 5.32 Å². The molecular weight excluding hydrogens is 381 g/mol. The lowest BCUT2D eigenvalue weighted by molar-refractivity contribution is -0.117. The Morgan fingerprint density at radius 2 is 1.96 bits per heavy atom. The Hall–Kier alpha value is -2.56. The van der Waals surface area contributed by atoms with Gasteiger partial charge in [0.15, 0.2) is 0 Å². The number of carbonyl (C=O) groups excluding carboxylic acids is 1. The molecule has 0 bridgehead atoms.